The number of ether oxygens (including phenoxy) is 1. The predicted molar refractivity (Wildman–Crippen MR) is 65.0 cm³/mol. The van der Waals surface area contributed by atoms with E-state index in [4.69, 9.17) is 0 Å². The summed E-state index contributed by atoms with van der Waals surface area (Å²) in [7, 11) is 1.66. The van der Waals surface area contributed by atoms with Gasteiger partial charge in [0.25, 0.3) is 5.91 Å². The molecule has 1 atom stereocenters. The first-order chi connectivity index (χ1) is 8.74. The second-order valence-electron chi connectivity index (χ2n) is 4.25. The Morgan fingerprint density at radius 1 is 1.32 bits per heavy atom. The number of hydrogen-bond acceptors (Lipinski definition) is 2. The largest absolute Gasteiger partial charge is 0.573 e. The van der Waals surface area contributed by atoms with Gasteiger partial charge in [-0.1, -0.05) is 6.92 Å². The standard InChI is InChI=1S/C13H16F3NO2/c1-4-9(2)17(3)12(18)10-5-7-11(8-6-10)19-13(14,15)16/h5-9H,4H2,1-3H3. The van der Waals surface area contributed by atoms with E-state index in [-0.39, 0.29) is 17.7 Å². The molecule has 0 aliphatic heterocycles. The van der Waals surface area contributed by atoms with Gasteiger partial charge in [-0.3, -0.25) is 4.79 Å². The van der Waals surface area contributed by atoms with Crippen molar-refractivity contribution in [1.82, 2.24) is 4.90 Å². The Morgan fingerprint density at radius 3 is 2.26 bits per heavy atom. The molecule has 0 saturated heterocycles. The maximum absolute atomic E-state index is 12.0. The highest BCUT2D eigenvalue weighted by molar-refractivity contribution is 5.94. The molecule has 3 nitrogen and oxygen atoms in total. The Hall–Kier alpha value is -1.72. The molecule has 0 N–H and O–H groups in total. The minimum atomic E-state index is -4.72. The number of halogens is 3. The van der Waals surface area contributed by atoms with E-state index >= 15 is 0 Å². The minimum Gasteiger partial charge on any atom is -0.406 e. The summed E-state index contributed by atoms with van der Waals surface area (Å²) in [6, 6.07) is 4.97. The van der Waals surface area contributed by atoms with Crippen molar-refractivity contribution >= 4 is 5.91 Å². The SMILES string of the molecule is CCC(C)N(C)C(=O)c1ccc(OC(F)(F)F)cc1. The van der Waals surface area contributed by atoms with E-state index in [9.17, 15) is 18.0 Å². The monoisotopic (exact) mass is 275 g/mol. The summed E-state index contributed by atoms with van der Waals surface area (Å²) < 4.78 is 39.7. The van der Waals surface area contributed by atoms with Crippen molar-refractivity contribution in [2.45, 2.75) is 32.7 Å². The van der Waals surface area contributed by atoms with Crippen molar-refractivity contribution in [2.24, 2.45) is 0 Å². The molecule has 0 bridgehead atoms. The Labute approximate surface area is 110 Å². The maximum Gasteiger partial charge on any atom is 0.573 e. The summed E-state index contributed by atoms with van der Waals surface area (Å²) in [5.74, 6) is -0.567. The molecule has 1 amide bonds. The second-order valence-corrected chi connectivity index (χ2v) is 4.25. The molecule has 0 spiro atoms. The topological polar surface area (TPSA) is 29.5 Å². The number of hydrogen-bond donors (Lipinski definition) is 0. The quantitative estimate of drug-likeness (QED) is 0.842. The number of nitrogens with zero attached hydrogens (tertiary/aromatic N) is 1. The number of amides is 1. The molecule has 0 fully saturated rings. The molecule has 0 heterocycles. The van der Waals surface area contributed by atoms with Crippen LogP contribution in [0, 0.1) is 0 Å². The van der Waals surface area contributed by atoms with Crippen LogP contribution in [-0.2, 0) is 0 Å². The average Bonchev–Trinajstić information content (AvgIpc) is 2.35. The summed E-state index contributed by atoms with van der Waals surface area (Å²) in [4.78, 5) is 13.6. The third-order valence-electron chi connectivity index (χ3n) is 2.91. The van der Waals surface area contributed by atoms with Crippen molar-refractivity contribution in [3.05, 3.63) is 29.8 Å². The van der Waals surface area contributed by atoms with Gasteiger partial charge in [0, 0.05) is 18.7 Å². The van der Waals surface area contributed by atoms with Crippen LogP contribution in [0.3, 0.4) is 0 Å². The van der Waals surface area contributed by atoms with Gasteiger partial charge in [-0.15, -0.1) is 13.2 Å². The van der Waals surface area contributed by atoms with Gasteiger partial charge in [-0.25, -0.2) is 0 Å². The van der Waals surface area contributed by atoms with Crippen LogP contribution >= 0.6 is 0 Å². The van der Waals surface area contributed by atoms with Crippen LogP contribution in [0.2, 0.25) is 0 Å². The zero-order chi connectivity index (χ0) is 14.6. The maximum atomic E-state index is 12.0. The Morgan fingerprint density at radius 2 is 1.84 bits per heavy atom. The first-order valence-electron chi connectivity index (χ1n) is 5.87. The molecule has 0 aromatic heterocycles. The van der Waals surface area contributed by atoms with E-state index in [1.54, 1.807) is 11.9 Å². The number of carbonyl (C=O) groups excluding carboxylic acids is 1. The lowest BCUT2D eigenvalue weighted by Gasteiger charge is -2.23. The minimum absolute atomic E-state index is 0.0681. The third-order valence-corrected chi connectivity index (χ3v) is 2.91. The van der Waals surface area contributed by atoms with Crippen molar-refractivity contribution < 1.29 is 22.7 Å². The fourth-order valence-electron chi connectivity index (χ4n) is 1.48. The van der Waals surface area contributed by atoms with Crippen LogP contribution in [0.25, 0.3) is 0 Å². The first-order valence-corrected chi connectivity index (χ1v) is 5.87. The van der Waals surface area contributed by atoms with Crippen molar-refractivity contribution in [3.63, 3.8) is 0 Å². The van der Waals surface area contributed by atoms with E-state index in [0.717, 1.165) is 18.6 Å². The lowest BCUT2D eigenvalue weighted by molar-refractivity contribution is -0.274. The molecule has 0 radical (unpaired) electrons. The van der Waals surface area contributed by atoms with Crippen LogP contribution in [-0.4, -0.2) is 30.3 Å². The van der Waals surface area contributed by atoms with Gasteiger partial charge in [0.2, 0.25) is 0 Å². The molecule has 1 aromatic carbocycles. The number of carbonyl (C=O) groups is 1. The molecule has 1 rings (SSSR count). The van der Waals surface area contributed by atoms with E-state index in [1.807, 2.05) is 13.8 Å². The molecular weight excluding hydrogens is 259 g/mol. The third kappa shape index (κ3) is 4.46. The van der Waals surface area contributed by atoms with E-state index in [0.29, 0.717) is 5.56 Å². The Kier molecular flexibility index (Phi) is 4.80. The summed E-state index contributed by atoms with van der Waals surface area (Å²) >= 11 is 0. The molecule has 19 heavy (non-hydrogen) atoms. The van der Waals surface area contributed by atoms with Gasteiger partial charge in [-0.05, 0) is 37.6 Å². The van der Waals surface area contributed by atoms with Crippen molar-refractivity contribution in [2.75, 3.05) is 7.05 Å². The summed E-state index contributed by atoms with van der Waals surface area (Å²) in [6.45, 7) is 3.85. The highest BCUT2D eigenvalue weighted by Crippen LogP contribution is 2.23. The zero-order valence-corrected chi connectivity index (χ0v) is 11.0. The van der Waals surface area contributed by atoms with E-state index in [2.05, 4.69) is 4.74 Å². The molecule has 106 valence electrons. The first kappa shape index (κ1) is 15.3. The van der Waals surface area contributed by atoms with Crippen LogP contribution in [0.4, 0.5) is 13.2 Å². The van der Waals surface area contributed by atoms with Gasteiger partial charge in [0.1, 0.15) is 5.75 Å². The van der Waals surface area contributed by atoms with Gasteiger partial charge in [0.15, 0.2) is 0 Å². The lowest BCUT2D eigenvalue weighted by Crippen LogP contribution is -2.34. The number of rotatable bonds is 4. The highest BCUT2D eigenvalue weighted by atomic mass is 19.4. The fraction of sp³-hybridized carbons (Fsp3) is 0.462. The van der Waals surface area contributed by atoms with Crippen LogP contribution in [0.15, 0.2) is 24.3 Å². The number of benzene rings is 1. The normalized spacial score (nSPS) is 12.9. The Balaban J connectivity index is 2.79. The van der Waals surface area contributed by atoms with Crippen molar-refractivity contribution in [3.8, 4) is 5.75 Å². The summed E-state index contributed by atoms with van der Waals surface area (Å²) in [5, 5.41) is 0. The summed E-state index contributed by atoms with van der Waals surface area (Å²) in [6.07, 6.45) is -3.92. The van der Waals surface area contributed by atoms with Gasteiger partial charge < -0.3 is 9.64 Å². The van der Waals surface area contributed by atoms with E-state index < -0.39 is 6.36 Å². The van der Waals surface area contributed by atoms with Crippen molar-refractivity contribution in [1.29, 1.82) is 0 Å². The molecular formula is C13H16F3NO2. The molecule has 1 unspecified atom stereocenters. The number of alkyl halides is 3. The van der Waals surface area contributed by atoms with Gasteiger partial charge in [-0.2, -0.15) is 0 Å². The Bertz CT molecular complexity index is 429. The predicted octanol–water partition coefficient (Wildman–Crippen LogP) is 3.46. The lowest BCUT2D eigenvalue weighted by atomic mass is 10.1. The molecule has 0 aliphatic rings. The average molecular weight is 275 g/mol. The molecule has 0 saturated carbocycles. The molecule has 0 aliphatic carbocycles. The molecule has 1 aromatic rings. The van der Waals surface area contributed by atoms with Crippen LogP contribution in [0.1, 0.15) is 30.6 Å². The highest BCUT2D eigenvalue weighted by Gasteiger charge is 2.31. The van der Waals surface area contributed by atoms with E-state index in [1.165, 1.54) is 12.1 Å². The van der Waals surface area contributed by atoms with Gasteiger partial charge in [0.05, 0.1) is 0 Å². The fourth-order valence-corrected chi connectivity index (χ4v) is 1.48. The van der Waals surface area contributed by atoms with Crippen LogP contribution < -0.4 is 4.74 Å². The van der Waals surface area contributed by atoms with Gasteiger partial charge >= 0.3 is 6.36 Å². The second kappa shape index (κ2) is 5.95. The zero-order valence-electron chi connectivity index (χ0n) is 11.0. The molecule has 6 heteroatoms. The summed E-state index contributed by atoms with van der Waals surface area (Å²) in [5.41, 5.74) is 0.331. The smallest absolute Gasteiger partial charge is 0.406 e. The van der Waals surface area contributed by atoms with Crippen LogP contribution in [0.5, 0.6) is 5.75 Å².